The zero-order valence-electron chi connectivity index (χ0n) is 25.2. The van der Waals surface area contributed by atoms with Gasteiger partial charge in [0.1, 0.15) is 11.2 Å². The van der Waals surface area contributed by atoms with Crippen LogP contribution in [0.25, 0.3) is 16.7 Å². The maximum atomic E-state index is 13.7. The van der Waals surface area contributed by atoms with Crippen molar-refractivity contribution in [1.29, 1.82) is 5.26 Å². The molecule has 1 aliphatic rings. The number of hydrogen-bond donors (Lipinski definition) is 2. The highest BCUT2D eigenvalue weighted by atomic mass is 35.5. The van der Waals surface area contributed by atoms with E-state index in [4.69, 9.17) is 21.7 Å². The number of fused-ring (bicyclic) bond motifs is 2. The summed E-state index contributed by atoms with van der Waals surface area (Å²) in [5, 5.41) is 18.0. The van der Waals surface area contributed by atoms with Gasteiger partial charge in [-0.2, -0.15) is 10.4 Å². The molecule has 45 heavy (non-hydrogen) atoms. The quantitative estimate of drug-likeness (QED) is 0.189. The number of amides is 1. The number of rotatable bonds is 7. The molecule has 0 aliphatic carbocycles. The molecule has 0 saturated carbocycles. The summed E-state index contributed by atoms with van der Waals surface area (Å²) in [4.78, 5) is 42.2. The molecular weight excluding hydrogens is 612 g/mol. The summed E-state index contributed by atoms with van der Waals surface area (Å²) in [7, 11) is 1.73. The topological polar surface area (TPSA) is 147 Å². The SMILES string of the molecule is CSNC(=O)c1nc(Cl)ccc1NC(C)c1cc(C)cc2c(=O)n(C)c(N3Cc4cn(-c5ncc(C#N)cc5C)nc4C3)nc12. The molecule has 5 heterocycles. The third-order valence-electron chi connectivity index (χ3n) is 7.70. The lowest BCUT2D eigenvalue weighted by Gasteiger charge is -2.23. The molecule has 5 aromatic rings. The van der Waals surface area contributed by atoms with Crippen LogP contribution in [0.1, 0.15) is 57.0 Å². The summed E-state index contributed by atoms with van der Waals surface area (Å²) >= 11 is 7.28. The number of aromatic nitrogens is 6. The largest absolute Gasteiger partial charge is 0.377 e. The Morgan fingerprint density at radius 1 is 1.18 bits per heavy atom. The van der Waals surface area contributed by atoms with Gasteiger partial charge in [-0.3, -0.25) is 18.9 Å². The molecular formula is C31H29ClN10O2S. The van der Waals surface area contributed by atoms with E-state index in [-0.39, 0.29) is 28.4 Å². The van der Waals surface area contributed by atoms with Crippen LogP contribution in [0.3, 0.4) is 0 Å². The Labute approximate surface area is 268 Å². The Balaban J connectivity index is 1.34. The van der Waals surface area contributed by atoms with Gasteiger partial charge in [0.15, 0.2) is 11.5 Å². The predicted molar refractivity (Wildman–Crippen MR) is 175 cm³/mol. The zero-order valence-corrected chi connectivity index (χ0v) is 26.8. The Bertz CT molecular complexity index is 2080. The fourth-order valence-corrected chi connectivity index (χ4v) is 6.03. The molecule has 0 bridgehead atoms. The summed E-state index contributed by atoms with van der Waals surface area (Å²) in [5.74, 6) is 0.816. The molecule has 228 valence electrons. The average Bonchev–Trinajstić information content (AvgIpc) is 3.59. The highest BCUT2D eigenvalue weighted by Gasteiger charge is 2.28. The van der Waals surface area contributed by atoms with E-state index in [1.54, 1.807) is 40.8 Å². The molecule has 2 N–H and O–H groups in total. The summed E-state index contributed by atoms with van der Waals surface area (Å²) < 4.78 is 6.00. The van der Waals surface area contributed by atoms with E-state index in [1.165, 1.54) is 18.1 Å². The second-order valence-corrected chi connectivity index (χ2v) is 11.9. The van der Waals surface area contributed by atoms with Gasteiger partial charge in [0, 0.05) is 43.4 Å². The van der Waals surface area contributed by atoms with Crippen molar-refractivity contribution in [2.24, 2.45) is 7.05 Å². The number of nitrogens with zero attached hydrogens (tertiary/aromatic N) is 8. The average molecular weight is 641 g/mol. The number of anilines is 2. The van der Waals surface area contributed by atoms with Gasteiger partial charge in [-0.1, -0.05) is 29.6 Å². The predicted octanol–water partition coefficient (Wildman–Crippen LogP) is 4.75. The minimum atomic E-state index is -0.372. The van der Waals surface area contributed by atoms with E-state index in [0.717, 1.165) is 27.9 Å². The van der Waals surface area contributed by atoms with Crippen LogP contribution in [0.15, 0.2) is 47.5 Å². The van der Waals surface area contributed by atoms with Gasteiger partial charge < -0.3 is 10.2 Å². The summed E-state index contributed by atoms with van der Waals surface area (Å²) in [6.45, 7) is 6.76. The number of benzene rings is 1. The highest BCUT2D eigenvalue weighted by molar-refractivity contribution is 7.97. The van der Waals surface area contributed by atoms with Crippen LogP contribution >= 0.6 is 23.5 Å². The van der Waals surface area contributed by atoms with Crippen LogP contribution in [0.4, 0.5) is 11.6 Å². The third-order valence-corrected chi connectivity index (χ3v) is 8.30. The molecule has 14 heteroatoms. The van der Waals surface area contributed by atoms with E-state index in [2.05, 4.69) is 26.1 Å². The van der Waals surface area contributed by atoms with Crippen molar-refractivity contribution in [2.45, 2.75) is 39.9 Å². The molecule has 1 atom stereocenters. The first-order valence-corrected chi connectivity index (χ1v) is 15.6. The summed E-state index contributed by atoms with van der Waals surface area (Å²) in [6, 6.07) is 10.7. The van der Waals surface area contributed by atoms with Gasteiger partial charge in [0.05, 0.1) is 40.4 Å². The third kappa shape index (κ3) is 5.58. The molecule has 1 unspecified atom stereocenters. The van der Waals surface area contributed by atoms with Gasteiger partial charge in [-0.25, -0.2) is 19.6 Å². The number of pyridine rings is 2. The lowest BCUT2D eigenvalue weighted by Crippen LogP contribution is -2.29. The number of nitriles is 1. The van der Waals surface area contributed by atoms with Crippen molar-refractivity contribution in [3.8, 4) is 11.9 Å². The van der Waals surface area contributed by atoms with Crippen molar-refractivity contribution in [3.63, 3.8) is 0 Å². The van der Waals surface area contributed by atoms with Crippen LogP contribution in [0, 0.1) is 25.2 Å². The first-order chi connectivity index (χ1) is 21.6. The number of nitrogens with one attached hydrogen (secondary N) is 2. The first-order valence-electron chi connectivity index (χ1n) is 14.0. The van der Waals surface area contributed by atoms with E-state index >= 15 is 0 Å². The molecule has 0 radical (unpaired) electrons. The van der Waals surface area contributed by atoms with Crippen LogP contribution in [0.5, 0.6) is 0 Å². The second-order valence-electron chi connectivity index (χ2n) is 10.9. The lowest BCUT2D eigenvalue weighted by molar-refractivity contribution is 0.0980. The van der Waals surface area contributed by atoms with E-state index in [1.807, 2.05) is 44.0 Å². The molecule has 0 fully saturated rings. The van der Waals surface area contributed by atoms with E-state index in [9.17, 15) is 14.9 Å². The van der Waals surface area contributed by atoms with Gasteiger partial charge >= 0.3 is 0 Å². The van der Waals surface area contributed by atoms with Crippen LogP contribution < -0.4 is 20.5 Å². The Morgan fingerprint density at radius 2 is 1.98 bits per heavy atom. The van der Waals surface area contributed by atoms with Gasteiger partial charge in [0.2, 0.25) is 5.95 Å². The molecule has 12 nitrogen and oxygen atoms in total. The van der Waals surface area contributed by atoms with Crippen molar-refractivity contribution in [2.75, 3.05) is 16.5 Å². The Hall–Kier alpha value is -4.93. The van der Waals surface area contributed by atoms with Crippen molar-refractivity contribution in [1.82, 2.24) is 34.0 Å². The normalized spacial score (nSPS) is 13.0. The fourth-order valence-electron chi connectivity index (χ4n) is 5.60. The first kappa shape index (κ1) is 30.1. The molecule has 4 aromatic heterocycles. The van der Waals surface area contributed by atoms with Crippen molar-refractivity contribution < 1.29 is 4.79 Å². The molecule has 1 aliphatic heterocycles. The minimum Gasteiger partial charge on any atom is -0.377 e. The monoisotopic (exact) mass is 640 g/mol. The van der Waals surface area contributed by atoms with E-state index < -0.39 is 0 Å². The maximum absolute atomic E-state index is 13.7. The Kier molecular flexibility index (Phi) is 7.94. The fraction of sp³-hybridized carbons (Fsp3) is 0.258. The Morgan fingerprint density at radius 3 is 2.69 bits per heavy atom. The van der Waals surface area contributed by atoms with E-state index in [0.29, 0.717) is 47.0 Å². The summed E-state index contributed by atoms with van der Waals surface area (Å²) in [5.41, 5.74) is 6.01. The maximum Gasteiger partial charge on any atom is 0.281 e. The van der Waals surface area contributed by atoms with Crippen LogP contribution in [0.2, 0.25) is 5.15 Å². The van der Waals surface area contributed by atoms with Gasteiger partial charge in [-0.15, -0.1) is 0 Å². The summed E-state index contributed by atoms with van der Waals surface area (Å²) in [6.07, 6.45) is 5.22. The van der Waals surface area contributed by atoms with Gasteiger partial charge in [0.25, 0.3) is 11.5 Å². The molecule has 0 spiro atoms. The number of halogens is 1. The van der Waals surface area contributed by atoms with Gasteiger partial charge in [-0.05, 0) is 56.2 Å². The standard InChI is InChI=1S/C31H29ClN10O2S/c1-16-8-21(18(3)35-23-6-7-25(32)36-27(23)29(43)39-45-5)26-22(9-16)30(44)40(4)31(37-26)41-13-20-14-42(38-24(20)15-41)28-17(2)10-19(11-33)12-34-28/h6-10,12,14,18,35H,13,15H2,1-5H3,(H,39,43). The van der Waals surface area contributed by atoms with Crippen LogP contribution in [-0.2, 0) is 20.1 Å². The molecule has 1 amide bonds. The van der Waals surface area contributed by atoms with Crippen LogP contribution in [-0.4, -0.2) is 41.5 Å². The number of carbonyl (C=O) groups excluding carboxylic acids is 1. The molecule has 6 rings (SSSR count). The minimum absolute atomic E-state index is 0.160. The van der Waals surface area contributed by atoms with Crippen molar-refractivity contribution >= 4 is 52.0 Å². The number of carbonyl (C=O) groups is 1. The smallest absolute Gasteiger partial charge is 0.281 e. The lowest BCUT2D eigenvalue weighted by atomic mass is 10.0. The molecule has 1 aromatic carbocycles. The highest BCUT2D eigenvalue weighted by Crippen LogP contribution is 2.31. The number of aryl methyl sites for hydroxylation is 2. The zero-order chi connectivity index (χ0) is 32.0. The number of hydrogen-bond acceptors (Lipinski definition) is 10. The second kappa shape index (κ2) is 11.9. The van der Waals surface area contributed by atoms with Crippen molar-refractivity contribution in [3.05, 3.63) is 97.4 Å². The molecule has 0 saturated heterocycles.